The molecule has 0 fully saturated rings. The van der Waals surface area contributed by atoms with Crippen LogP contribution in [0.1, 0.15) is 29.4 Å². The highest BCUT2D eigenvalue weighted by molar-refractivity contribution is 7.90. The lowest BCUT2D eigenvalue weighted by molar-refractivity contribution is 0.180. The number of hydrogen-bond donors (Lipinski definition) is 1. The monoisotopic (exact) mass is 278 g/mol. The first-order valence-electron chi connectivity index (χ1n) is 5.08. The van der Waals surface area contributed by atoms with Gasteiger partial charge in [-0.25, -0.2) is 13.4 Å². The minimum atomic E-state index is -3.07. The zero-order valence-electron chi connectivity index (χ0n) is 10.5. The Bertz CT molecular complexity index is 486. The molecule has 1 heterocycles. The molecule has 98 valence electrons. The molecule has 0 spiro atoms. The molecule has 0 atom stereocenters. The molecule has 17 heavy (non-hydrogen) atoms. The van der Waals surface area contributed by atoms with Gasteiger partial charge in [0.2, 0.25) is 0 Å². The summed E-state index contributed by atoms with van der Waals surface area (Å²) in [5, 5.41) is 0.563. The molecule has 2 N–H and O–H groups in total. The van der Waals surface area contributed by atoms with Crippen molar-refractivity contribution in [1.29, 1.82) is 0 Å². The summed E-state index contributed by atoms with van der Waals surface area (Å²) < 4.78 is 27.5. The zero-order chi connectivity index (χ0) is 13.3. The van der Waals surface area contributed by atoms with E-state index in [2.05, 4.69) is 4.98 Å². The molecule has 1 rings (SSSR count). The summed E-state index contributed by atoms with van der Waals surface area (Å²) in [6.45, 7) is 4.07. The van der Waals surface area contributed by atoms with Crippen LogP contribution in [-0.4, -0.2) is 26.8 Å². The Morgan fingerprint density at radius 3 is 2.47 bits per heavy atom. The molecule has 0 radical (unpaired) electrons. The van der Waals surface area contributed by atoms with Gasteiger partial charge in [-0.2, -0.15) is 0 Å². The third-order valence-corrected chi connectivity index (χ3v) is 4.41. The maximum absolute atomic E-state index is 11.2. The number of ether oxygens (including phenoxy) is 1. The molecule has 0 aromatic carbocycles. The standard InChI is InChI=1S/C10H18N2O3S2/c1-10(2,11)9-7(5-15-3)12-8(16-9)6-17(4,13)14/h5-6,11H2,1-4H3. The molecule has 1 aromatic rings. The van der Waals surface area contributed by atoms with E-state index >= 15 is 0 Å². The molecule has 0 unspecified atom stereocenters. The lowest BCUT2D eigenvalue weighted by Crippen LogP contribution is -2.28. The summed E-state index contributed by atoms with van der Waals surface area (Å²) >= 11 is 1.34. The second-order valence-electron chi connectivity index (χ2n) is 4.61. The average Bonchev–Trinajstić information content (AvgIpc) is 2.44. The Morgan fingerprint density at radius 1 is 1.47 bits per heavy atom. The lowest BCUT2D eigenvalue weighted by atomic mass is 10.0. The molecule has 0 saturated carbocycles. The predicted octanol–water partition coefficient (Wildman–Crippen LogP) is 1.03. The minimum absolute atomic E-state index is 0.0511. The van der Waals surface area contributed by atoms with Gasteiger partial charge in [0.15, 0.2) is 9.84 Å². The van der Waals surface area contributed by atoms with Gasteiger partial charge in [-0.1, -0.05) is 0 Å². The third-order valence-electron chi connectivity index (χ3n) is 1.99. The molecule has 0 saturated heterocycles. The van der Waals surface area contributed by atoms with Crippen molar-refractivity contribution in [2.45, 2.75) is 31.7 Å². The van der Waals surface area contributed by atoms with E-state index in [1.807, 2.05) is 13.8 Å². The van der Waals surface area contributed by atoms with E-state index in [-0.39, 0.29) is 5.75 Å². The minimum Gasteiger partial charge on any atom is -0.378 e. The van der Waals surface area contributed by atoms with Gasteiger partial charge in [0.25, 0.3) is 0 Å². The van der Waals surface area contributed by atoms with Crippen LogP contribution in [-0.2, 0) is 32.5 Å². The van der Waals surface area contributed by atoms with E-state index in [4.69, 9.17) is 10.5 Å². The molecule has 0 aliphatic heterocycles. The zero-order valence-corrected chi connectivity index (χ0v) is 12.1. The maximum atomic E-state index is 11.2. The quantitative estimate of drug-likeness (QED) is 0.869. The second kappa shape index (κ2) is 5.01. The molecule has 0 aliphatic rings. The van der Waals surface area contributed by atoms with Crippen LogP contribution in [0.2, 0.25) is 0 Å². The van der Waals surface area contributed by atoms with Crippen molar-refractivity contribution in [1.82, 2.24) is 4.98 Å². The molecular weight excluding hydrogens is 260 g/mol. The Morgan fingerprint density at radius 2 is 2.06 bits per heavy atom. The van der Waals surface area contributed by atoms with Crippen molar-refractivity contribution < 1.29 is 13.2 Å². The summed E-state index contributed by atoms with van der Waals surface area (Å²) in [7, 11) is -1.50. The highest BCUT2D eigenvalue weighted by atomic mass is 32.2. The number of nitrogens with two attached hydrogens (primary N) is 1. The third kappa shape index (κ3) is 4.34. The van der Waals surface area contributed by atoms with Crippen LogP contribution in [0.25, 0.3) is 0 Å². The SMILES string of the molecule is COCc1nc(CS(C)(=O)=O)sc1C(C)(C)N. The number of rotatable bonds is 5. The van der Waals surface area contributed by atoms with Crippen LogP contribution in [0.5, 0.6) is 0 Å². The number of methoxy groups -OCH3 is 1. The number of nitrogens with zero attached hydrogens (tertiary/aromatic N) is 1. The molecule has 0 aliphatic carbocycles. The van der Waals surface area contributed by atoms with E-state index in [0.29, 0.717) is 11.6 Å². The topological polar surface area (TPSA) is 82.3 Å². The van der Waals surface area contributed by atoms with Gasteiger partial charge in [0.05, 0.1) is 12.3 Å². The number of hydrogen-bond acceptors (Lipinski definition) is 6. The van der Waals surface area contributed by atoms with Gasteiger partial charge in [0.1, 0.15) is 10.8 Å². The first-order chi connectivity index (χ1) is 7.63. The average molecular weight is 278 g/mol. The van der Waals surface area contributed by atoms with Crippen molar-refractivity contribution in [3.8, 4) is 0 Å². The van der Waals surface area contributed by atoms with E-state index in [0.717, 1.165) is 10.6 Å². The van der Waals surface area contributed by atoms with Gasteiger partial charge in [0, 0.05) is 23.8 Å². The highest BCUT2D eigenvalue weighted by Gasteiger charge is 2.24. The van der Waals surface area contributed by atoms with Gasteiger partial charge < -0.3 is 10.5 Å². The van der Waals surface area contributed by atoms with Crippen LogP contribution < -0.4 is 5.73 Å². The van der Waals surface area contributed by atoms with Crippen LogP contribution in [0.3, 0.4) is 0 Å². The van der Waals surface area contributed by atoms with Crippen molar-refractivity contribution in [3.63, 3.8) is 0 Å². The summed E-state index contributed by atoms with van der Waals surface area (Å²) in [5.41, 5.74) is 6.22. The molecule has 7 heteroatoms. The fourth-order valence-corrected chi connectivity index (χ4v) is 3.69. The highest BCUT2D eigenvalue weighted by Crippen LogP contribution is 2.29. The smallest absolute Gasteiger partial charge is 0.153 e. The predicted molar refractivity (Wildman–Crippen MR) is 68.6 cm³/mol. The first kappa shape index (κ1) is 14.6. The molecule has 5 nitrogen and oxygen atoms in total. The first-order valence-corrected chi connectivity index (χ1v) is 7.96. The van der Waals surface area contributed by atoms with Crippen LogP contribution in [0.4, 0.5) is 0 Å². The van der Waals surface area contributed by atoms with Gasteiger partial charge in [-0.05, 0) is 13.8 Å². The second-order valence-corrected chi connectivity index (χ2v) is 7.83. The maximum Gasteiger partial charge on any atom is 0.153 e. The van der Waals surface area contributed by atoms with Crippen LogP contribution in [0.15, 0.2) is 0 Å². The van der Waals surface area contributed by atoms with Gasteiger partial charge in [-0.15, -0.1) is 11.3 Å². The van der Waals surface area contributed by atoms with Gasteiger partial charge in [-0.3, -0.25) is 0 Å². The van der Waals surface area contributed by atoms with E-state index < -0.39 is 15.4 Å². The Hall–Kier alpha value is -0.500. The van der Waals surface area contributed by atoms with E-state index in [9.17, 15) is 8.42 Å². The molecule has 1 aromatic heterocycles. The number of sulfone groups is 1. The van der Waals surface area contributed by atoms with Crippen molar-refractivity contribution >= 4 is 21.2 Å². The van der Waals surface area contributed by atoms with Crippen molar-refractivity contribution in [2.75, 3.05) is 13.4 Å². The molecular formula is C10H18N2O3S2. The Balaban J connectivity index is 3.13. The number of aromatic nitrogens is 1. The number of thiazole rings is 1. The van der Waals surface area contributed by atoms with Gasteiger partial charge >= 0.3 is 0 Å². The van der Waals surface area contributed by atoms with E-state index in [1.165, 1.54) is 17.6 Å². The van der Waals surface area contributed by atoms with Crippen LogP contribution >= 0.6 is 11.3 Å². The fourth-order valence-electron chi connectivity index (χ4n) is 1.42. The summed E-state index contributed by atoms with van der Waals surface area (Å²) in [4.78, 5) is 5.16. The molecule has 0 bridgehead atoms. The lowest BCUT2D eigenvalue weighted by Gasteiger charge is -2.17. The normalized spacial score (nSPS) is 13.0. The van der Waals surface area contributed by atoms with Crippen molar-refractivity contribution in [3.05, 3.63) is 15.6 Å². The fraction of sp³-hybridized carbons (Fsp3) is 0.700. The summed E-state index contributed by atoms with van der Waals surface area (Å²) in [6, 6.07) is 0. The Labute approximate surface area is 106 Å². The largest absolute Gasteiger partial charge is 0.378 e. The van der Waals surface area contributed by atoms with Crippen molar-refractivity contribution in [2.24, 2.45) is 5.73 Å². The molecule has 0 amide bonds. The van der Waals surface area contributed by atoms with Crippen LogP contribution in [0, 0.1) is 0 Å². The summed E-state index contributed by atoms with van der Waals surface area (Å²) in [6.07, 6.45) is 1.19. The Kier molecular flexibility index (Phi) is 4.29. The van der Waals surface area contributed by atoms with E-state index in [1.54, 1.807) is 7.11 Å². The summed E-state index contributed by atoms with van der Waals surface area (Å²) in [5.74, 6) is -0.0511.